The van der Waals surface area contributed by atoms with E-state index in [4.69, 9.17) is 4.74 Å². The van der Waals surface area contributed by atoms with E-state index >= 15 is 0 Å². The van der Waals surface area contributed by atoms with Gasteiger partial charge in [-0.25, -0.2) is 0 Å². The molecule has 2 heterocycles. The molecule has 0 bridgehead atoms. The molecular formula is C21H33N3O2S. The number of ether oxygens (including phenoxy) is 1. The zero-order valence-electron chi connectivity index (χ0n) is 16.8. The molecule has 1 aliphatic heterocycles. The van der Waals surface area contributed by atoms with Gasteiger partial charge in [0.1, 0.15) is 10.6 Å². The molecule has 6 heteroatoms. The Labute approximate surface area is 167 Å². The highest BCUT2D eigenvalue weighted by molar-refractivity contribution is 7.14. The first kappa shape index (κ1) is 19.2. The van der Waals surface area contributed by atoms with E-state index in [1.165, 1.54) is 49.0 Å². The van der Waals surface area contributed by atoms with Gasteiger partial charge in [-0.15, -0.1) is 11.3 Å². The van der Waals surface area contributed by atoms with Gasteiger partial charge in [-0.3, -0.25) is 9.69 Å². The molecule has 1 N–H and O–H groups in total. The Hall–Kier alpha value is -1.11. The van der Waals surface area contributed by atoms with Crippen molar-refractivity contribution in [3.05, 3.63) is 15.3 Å². The van der Waals surface area contributed by atoms with Gasteiger partial charge in [0.15, 0.2) is 0 Å². The van der Waals surface area contributed by atoms with Crippen molar-refractivity contribution in [2.45, 2.75) is 56.9 Å². The largest absolute Gasteiger partial charge is 0.495 e. The van der Waals surface area contributed by atoms with Crippen LogP contribution in [-0.2, 0) is 12.8 Å². The lowest BCUT2D eigenvalue weighted by molar-refractivity contribution is 0.0139. The number of hydrogen-bond acceptors (Lipinski definition) is 5. The molecule has 3 aliphatic rings. The molecule has 1 saturated heterocycles. The zero-order chi connectivity index (χ0) is 18.9. The number of methoxy groups -OCH3 is 1. The molecule has 2 fully saturated rings. The number of thiophene rings is 1. The lowest BCUT2D eigenvalue weighted by atomic mass is 9.79. The van der Waals surface area contributed by atoms with Crippen molar-refractivity contribution in [1.29, 1.82) is 0 Å². The molecule has 4 rings (SSSR count). The fraction of sp³-hybridized carbons (Fsp3) is 0.762. The number of carbonyl (C=O) groups excluding carboxylic acids is 1. The first-order valence-electron chi connectivity index (χ1n) is 10.5. The predicted molar refractivity (Wildman–Crippen MR) is 110 cm³/mol. The van der Waals surface area contributed by atoms with Crippen LogP contribution in [0.2, 0.25) is 0 Å². The van der Waals surface area contributed by atoms with E-state index in [9.17, 15) is 4.79 Å². The van der Waals surface area contributed by atoms with Gasteiger partial charge in [0.05, 0.1) is 7.11 Å². The van der Waals surface area contributed by atoms with E-state index in [1.807, 2.05) is 0 Å². The maximum absolute atomic E-state index is 13.0. The summed E-state index contributed by atoms with van der Waals surface area (Å²) in [7, 11) is 3.90. The quantitative estimate of drug-likeness (QED) is 0.838. The molecule has 0 unspecified atom stereocenters. The number of amides is 1. The summed E-state index contributed by atoms with van der Waals surface area (Å²) in [4.78, 5) is 20.2. The van der Waals surface area contributed by atoms with Gasteiger partial charge in [0, 0.05) is 48.7 Å². The SMILES string of the molecule is COc1c(C(=O)NCC2(N3CCN(C)CC3)CCCCC2)sc2c1CCC2. The number of nitrogens with one attached hydrogen (secondary N) is 1. The van der Waals surface area contributed by atoms with Crippen LogP contribution in [0.4, 0.5) is 0 Å². The van der Waals surface area contributed by atoms with Crippen LogP contribution in [0, 0.1) is 0 Å². The summed E-state index contributed by atoms with van der Waals surface area (Å²) in [6.07, 6.45) is 9.62. The third kappa shape index (κ3) is 3.76. The third-order valence-corrected chi connectivity index (χ3v) is 8.09. The molecule has 27 heavy (non-hydrogen) atoms. The Morgan fingerprint density at radius 3 is 2.56 bits per heavy atom. The first-order chi connectivity index (χ1) is 13.1. The van der Waals surface area contributed by atoms with Crippen molar-refractivity contribution >= 4 is 17.2 Å². The van der Waals surface area contributed by atoms with E-state index in [2.05, 4.69) is 22.2 Å². The van der Waals surface area contributed by atoms with Crippen molar-refractivity contribution in [2.75, 3.05) is 46.9 Å². The number of piperazine rings is 1. The number of aryl methyl sites for hydroxylation is 1. The Kier molecular flexibility index (Phi) is 5.76. The summed E-state index contributed by atoms with van der Waals surface area (Å²) in [6, 6.07) is 0. The van der Waals surface area contributed by atoms with Crippen molar-refractivity contribution in [3.8, 4) is 5.75 Å². The second-order valence-electron chi connectivity index (χ2n) is 8.48. The highest BCUT2D eigenvalue weighted by Gasteiger charge is 2.39. The molecular weight excluding hydrogens is 358 g/mol. The molecule has 1 amide bonds. The fourth-order valence-corrected chi connectivity index (χ4v) is 6.44. The number of carbonyl (C=O) groups is 1. The maximum Gasteiger partial charge on any atom is 0.265 e. The molecule has 1 aromatic rings. The minimum absolute atomic E-state index is 0.0605. The average Bonchev–Trinajstić information content (AvgIpc) is 3.28. The van der Waals surface area contributed by atoms with Crippen molar-refractivity contribution in [3.63, 3.8) is 0 Å². The van der Waals surface area contributed by atoms with Gasteiger partial charge < -0.3 is 15.0 Å². The minimum Gasteiger partial charge on any atom is -0.495 e. The predicted octanol–water partition coefficient (Wildman–Crippen LogP) is 2.93. The highest BCUT2D eigenvalue weighted by Crippen LogP contribution is 2.41. The summed E-state index contributed by atoms with van der Waals surface area (Å²) in [6.45, 7) is 5.25. The van der Waals surface area contributed by atoms with Crippen LogP contribution >= 0.6 is 11.3 Å². The number of hydrogen-bond donors (Lipinski definition) is 1. The Morgan fingerprint density at radius 2 is 1.85 bits per heavy atom. The van der Waals surface area contributed by atoms with E-state index in [0.717, 1.165) is 56.2 Å². The van der Waals surface area contributed by atoms with Gasteiger partial charge >= 0.3 is 0 Å². The lowest BCUT2D eigenvalue weighted by Gasteiger charge is -2.49. The van der Waals surface area contributed by atoms with Gasteiger partial charge in [0.2, 0.25) is 0 Å². The molecule has 1 aromatic heterocycles. The van der Waals surface area contributed by atoms with E-state index in [1.54, 1.807) is 18.4 Å². The smallest absolute Gasteiger partial charge is 0.265 e. The normalized spacial score (nSPS) is 23.2. The molecule has 1 saturated carbocycles. The summed E-state index contributed by atoms with van der Waals surface area (Å²) in [5, 5.41) is 3.32. The minimum atomic E-state index is 0.0605. The van der Waals surface area contributed by atoms with Crippen LogP contribution in [0.25, 0.3) is 0 Å². The lowest BCUT2D eigenvalue weighted by Crippen LogP contribution is -2.61. The van der Waals surface area contributed by atoms with Gasteiger partial charge in [0.25, 0.3) is 5.91 Å². The van der Waals surface area contributed by atoms with Crippen molar-refractivity contribution in [1.82, 2.24) is 15.1 Å². The van der Waals surface area contributed by atoms with Crippen LogP contribution < -0.4 is 10.1 Å². The Bertz CT molecular complexity index is 673. The highest BCUT2D eigenvalue weighted by atomic mass is 32.1. The average molecular weight is 392 g/mol. The number of rotatable bonds is 5. The maximum atomic E-state index is 13.0. The van der Waals surface area contributed by atoms with Crippen LogP contribution in [0.5, 0.6) is 5.75 Å². The molecule has 0 spiro atoms. The Morgan fingerprint density at radius 1 is 1.11 bits per heavy atom. The van der Waals surface area contributed by atoms with Crippen LogP contribution in [0.1, 0.15) is 58.6 Å². The van der Waals surface area contributed by atoms with E-state index in [0.29, 0.717) is 0 Å². The summed E-state index contributed by atoms with van der Waals surface area (Å²) < 4.78 is 5.63. The molecule has 5 nitrogen and oxygen atoms in total. The van der Waals surface area contributed by atoms with Crippen molar-refractivity contribution in [2.24, 2.45) is 0 Å². The van der Waals surface area contributed by atoms with E-state index in [-0.39, 0.29) is 11.4 Å². The summed E-state index contributed by atoms with van der Waals surface area (Å²) in [5.74, 6) is 0.896. The summed E-state index contributed by atoms with van der Waals surface area (Å²) >= 11 is 1.65. The fourth-order valence-electron chi connectivity index (χ4n) is 5.16. The van der Waals surface area contributed by atoms with Gasteiger partial charge in [-0.05, 0) is 39.2 Å². The van der Waals surface area contributed by atoms with Crippen LogP contribution in [0.15, 0.2) is 0 Å². The van der Waals surface area contributed by atoms with Gasteiger partial charge in [-0.2, -0.15) is 0 Å². The standard InChI is InChI=1S/C21H33N3O2S/c1-23-11-13-24(14-12-23)21(9-4-3-5-10-21)15-22-20(25)19-18(26-2)16-7-6-8-17(16)27-19/h3-15H2,1-2H3,(H,22,25). The molecule has 0 radical (unpaired) electrons. The number of nitrogens with zero attached hydrogens (tertiary/aromatic N) is 2. The second-order valence-corrected chi connectivity index (χ2v) is 9.58. The van der Waals surface area contributed by atoms with Crippen LogP contribution in [0.3, 0.4) is 0 Å². The van der Waals surface area contributed by atoms with Crippen LogP contribution in [-0.4, -0.2) is 68.1 Å². The molecule has 0 atom stereocenters. The third-order valence-electron chi connectivity index (χ3n) is 6.82. The Balaban J connectivity index is 1.47. The zero-order valence-corrected chi connectivity index (χ0v) is 17.6. The summed E-state index contributed by atoms with van der Waals surface area (Å²) in [5.41, 5.74) is 1.42. The number of fused-ring (bicyclic) bond motifs is 1. The molecule has 2 aliphatic carbocycles. The number of likely N-dealkylation sites (N-methyl/N-ethyl adjacent to an activating group) is 1. The van der Waals surface area contributed by atoms with Crippen molar-refractivity contribution < 1.29 is 9.53 Å². The van der Waals surface area contributed by atoms with Gasteiger partial charge in [-0.1, -0.05) is 19.3 Å². The topological polar surface area (TPSA) is 44.8 Å². The van der Waals surface area contributed by atoms with E-state index < -0.39 is 0 Å². The molecule has 0 aromatic carbocycles. The second kappa shape index (κ2) is 8.10. The first-order valence-corrected chi connectivity index (χ1v) is 11.3. The monoisotopic (exact) mass is 391 g/mol. The molecule has 150 valence electrons.